The second-order valence-electron chi connectivity index (χ2n) is 8.68. The van der Waals surface area contributed by atoms with E-state index in [0.29, 0.717) is 23.3 Å². The molecule has 2 unspecified atom stereocenters. The molecular weight excluding hydrogens is 624 g/mol. The third-order valence-corrected chi connectivity index (χ3v) is 7.44. The van der Waals surface area contributed by atoms with E-state index in [1.807, 2.05) is 6.07 Å². The Morgan fingerprint density at radius 1 is 1.03 bits per heavy atom. The third-order valence-electron chi connectivity index (χ3n) is 6.83. The van der Waals surface area contributed by atoms with E-state index >= 15 is 0 Å². The summed E-state index contributed by atoms with van der Waals surface area (Å²) in [7, 11) is 1.34. The second-order valence-corrected chi connectivity index (χ2v) is 9.25. The molecule has 0 spiro atoms. The van der Waals surface area contributed by atoms with E-state index in [0.717, 1.165) is 50.3 Å². The summed E-state index contributed by atoms with van der Waals surface area (Å²) < 4.78 is 36.7. The van der Waals surface area contributed by atoms with Gasteiger partial charge in [-0.25, -0.2) is 4.39 Å². The van der Waals surface area contributed by atoms with Crippen LogP contribution < -0.4 is 18.5 Å². The standard InChI is InChI=1S/C26H25FNO4P.W/c1-29-24-6-5-16-12-23-21-14-25-18(8-10-30-25)11-17(21)7-9-28(23)15-22(16)26(24)32-33-31-20-4-2-3-19(27)13-20;/h2-6,11,13-14,23,33H,7-10,12,15H2,1H3;. The van der Waals surface area contributed by atoms with E-state index in [9.17, 15) is 4.39 Å². The van der Waals surface area contributed by atoms with Gasteiger partial charge in [0.15, 0.2) is 11.5 Å². The number of methoxy groups -OCH3 is 1. The van der Waals surface area contributed by atoms with Crippen LogP contribution in [-0.4, -0.2) is 25.2 Å². The van der Waals surface area contributed by atoms with Crippen LogP contribution in [0.3, 0.4) is 0 Å². The minimum Gasteiger partial charge on any atom is -0.493 e. The van der Waals surface area contributed by atoms with E-state index < -0.39 is 0 Å². The topological polar surface area (TPSA) is 40.2 Å². The molecule has 0 N–H and O–H groups in total. The van der Waals surface area contributed by atoms with Gasteiger partial charge in [-0.05, 0) is 59.4 Å². The smallest absolute Gasteiger partial charge is 0.275 e. The molecule has 3 aromatic rings. The summed E-state index contributed by atoms with van der Waals surface area (Å²) in [6, 6.07) is 15.2. The number of hydrogen-bond donors (Lipinski definition) is 0. The number of halogens is 1. The molecule has 0 saturated heterocycles. The molecule has 0 radical (unpaired) electrons. The van der Waals surface area contributed by atoms with Gasteiger partial charge in [0.25, 0.3) is 9.03 Å². The number of rotatable bonds is 5. The van der Waals surface area contributed by atoms with Crippen LogP contribution in [0.5, 0.6) is 23.0 Å². The molecule has 3 aliphatic heterocycles. The van der Waals surface area contributed by atoms with Crippen LogP contribution >= 0.6 is 9.03 Å². The number of hydrogen-bond acceptors (Lipinski definition) is 5. The van der Waals surface area contributed by atoms with Crippen molar-refractivity contribution < 1.29 is 44.0 Å². The fourth-order valence-corrected chi connectivity index (χ4v) is 5.77. The zero-order chi connectivity index (χ0) is 22.4. The maximum atomic E-state index is 13.4. The molecule has 0 aromatic heterocycles. The molecule has 0 amide bonds. The van der Waals surface area contributed by atoms with Gasteiger partial charge in [0, 0.05) is 58.2 Å². The van der Waals surface area contributed by atoms with Gasteiger partial charge in [-0.1, -0.05) is 18.2 Å². The molecule has 0 saturated carbocycles. The second kappa shape index (κ2) is 9.85. The molecule has 8 heteroatoms. The summed E-state index contributed by atoms with van der Waals surface area (Å²) in [4.78, 5) is 2.52. The van der Waals surface area contributed by atoms with Gasteiger partial charge in [-0.2, -0.15) is 0 Å². The molecule has 0 bridgehead atoms. The average Bonchev–Trinajstić information content (AvgIpc) is 3.29. The normalized spacial score (nSPS) is 18.2. The van der Waals surface area contributed by atoms with Gasteiger partial charge >= 0.3 is 0 Å². The van der Waals surface area contributed by atoms with Crippen LogP contribution in [-0.2, 0) is 46.9 Å². The minimum atomic E-state index is -0.334. The summed E-state index contributed by atoms with van der Waals surface area (Å²) in [6.07, 6.45) is 2.97. The summed E-state index contributed by atoms with van der Waals surface area (Å²) >= 11 is 0. The Kier molecular flexibility index (Phi) is 6.84. The van der Waals surface area contributed by atoms with Crippen LogP contribution in [0.4, 0.5) is 4.39 Å². The van der Waals surface area contributed by atoms with Crippen molar-refractivity contribution in [2.45, 2.75) is 31.8 Å². The fraction of sp³-hybridized carbons (Fsp3) is 0.308. The predicted octanol–water partition coefficient (Wildman–Crippen LogP) is 5.39. The van der Waals surface area contributed by atoms with Crippen LogP contribution in [0.1, 0.15) is 33.9 Å². The van der Waals surface area contributed by atoms with Gasteiger partial charge < -0.3 is 18.5 Å². The first-order valence-electron chi connectivity index (χ1n) is 11.2. The van der Waals surface area contributed by atoms with Crippen molar-refractivity contribution in [1.29, 1.82) is 0 Å². The largest absolute Gasteiger partial charge is 0.493 e. The Balaban J connectivity index is 0.00000241. The maximum Gasteiger partial charge on any atom is 0.275 e. The zero-order valence-electron chi connectivity index (χ0n) is 18.8. The van der Waals surface area contributed by atoms with Crippen LogP contribution in [0.25, 0.3) is 0 Å². The van der Waals surface area contributed by atoms with E-state index in [2.05, 4.69) is 23.1 Å². The molecule has 34 heavy (non-hydrogen) atoms. The molecule has 176 valence electrons. The van der Waals surface area contributed by atoms with Crippen LogP contribution in [0, 0.1) is 5.82 Å². The molecule has 3 aromatic carbocycles. The van der Waals surface area contributed by atoms with Gasteiger partial charge in [-0.15, -0.1) is 0 Å². The summed E-state index contributed by atoms with van der Waals surface area (Å²) in [5.74, 6) is 2.56. The Labute approximate surface area is 214 Å². The van der Waals surface area contributed by atoms with E-state index in [1.54, 1.807) is 19.2 Å². The quantitative estimate of drug-likeness (QED) is 0.347. The van der Waals surface area contributed by atoms with Gasteiger partial charge in [0.05, 0.1) is 13.7 Å². The monoisotopic (exact) mass is 649 g/mol. The Hall–Kier alpha value is -2.13. The average molecular weight is 649 g/mol. The third kappa shape index (κ3) is 4.32. The first-order valence-corrected chi connectivity index (χ1v) is 12.1. The molecule has 0 aliphatic carbocycles. The van der Waals surface area contributed by atoms with Gasteiger partial charge in [0.1, 0.15) is 17.3 Å². The van der Waals surface area contributed by atoms with E-state index in [1.165, 1.54) is 34.4 Å². The van der Waals surface area contributed by atoms with E-state index in [-0.39, 0.29) is 35.9 Å². The van der Waals surface area contributed by atoms with Crippen molar-refractivity contribution in [3.05, 3.63) is 82.2 Å². The van der Waals surface area contributed by atoms with Crippen molar-refractivity contribution >= 4 is 9.03 Å². The van der Waals surface area contributed by atoms with Crippen molar-refractivity contribution in [2.75, 3.05) is 20.3 Å². The van der Waals surface area contributed by atoms with Crippen molar-refractivity contribution in [1.82, 2.24) is 4.90 Å². The summed E-state index contributed by atoms with van der Waals surface area (Å²) in [5.41, 5.74) is 6.60. The number of nitrogens with zero attached hydrogens (tertiary/aromatic N) is 1. The van der Waals surface area contributed by atoms with Crippen molar-refractivity contribution in [3.63, 3.8) is 0 Å². The van der Waals surface area contributed by atoms with Crippen LogP contribution in [0.2, 0.25) is 0 Å². The SMILES string of the molecule is COc1ccc2c(c1OPOc1cccc(F)c1)CN1CCc3cc4c(cc3C1C2)OCC4.[W]. The molecular formula is C26H25FNO4PW. The van der Waals surface area contributed by atoms with Gasteiger partial charge in [-0.3, -0.25) is 4.90 Å². The van der Waals surface area contributed by atoms with Crippen molar-refractivity contribution in [3.8, 4) is 23.0 Å². The van der Waals surface area contributed by atoms with Crippen molar-refractivity contribution in [2.24, 2.45) is 0 Å². The number of benzene rings is 3. The Morgan fingerprint density at radius 2 is 1.94 bits per heavy atom. The molecule has 6 rings (SSSR count). The summed E-state index contributed by atoms with van der Waals surface area (Å²) in [5, 5.41) is 0. The summed E-state index contributed by atoms with van der Waals surface area (Å²) in [6.45, 7) is 2.58. The predicted molar refractivity (Wildman–Crippen MR) is 125 cm³/mol. The minimum absolute atomic E-state index is 0. The molecule has 5 nitrogen and oxygen atoms in total. The first kappa shape index (κ1) is 23.6. The van der Waals surface area contributed by atoms with Crippen LogP contribution in [0.15, 0.2) is 48.5 Å². The number of ether oxygens (including phenoxy) is 2. The van der Waals surface area contributed by atoms with Gasteiger partial charge in [0.2, 0.25) is 0 Å². The molecule has 3 heterocycles. The van der Waals surface area contributed by atoms with E-state index in [4.69, 9.17) is 18.5 Å². The zero-order valence-corrected chi connectivity index (χ0v) is 22.7. The molecule has 2 atom stereocenters. The number of fused-ring (bicyclic) bond motifs is 5. The molecule has 0 fully saturated rings. The maximum absolute atomic E-state index is 13.4. The Morgan fingerprint density at radius 3 is 2.79 bits per heavy atom. The fourth-order valence-electron chi connectivity index (χ4n) is 5.20. The Bertz CT molecular complexity index is 1220. The first-order chi connectivity index (χ1) is 16.2. The molecule has 3 aliphatic rings.